The maximum absolute atomic E-state index is 12.0. The van der Waals surface area contributed by atoms with E-state index >= 15 is 0 Å². The van der Waals surface area contributed by atoms with Crippen molar-refractivity contribution in [2.45, 2.75) is 13.8 Å². The number of hydrogen-bond acceptors (Lipinski definition) is 1. The van der Waals surface area contributed by atoms with E-state index in [1.807, 2.05) is 74.5 Å². The molecule has 0 heterocycles. The van der Waals surface area contributed by atoms with Crippen molar-refractivity contribution in [1.82, 2.24) is 0 Å². The van der Waals surface area contributed by atoms with Crippen molar-refractivity contribution in [3.05, 3.63) is 71.3 Å². The summed E-state index contributed by atoms with van der Waals surface area (Å²) in [6, 6.07) is 17.6. The summed E-state index contributed by atoms with van der Waals surface area (Å²) in [5.74, 6) is -0.0746. The van der Waals surface area contributed by atoms with Crippen LogP contribution in [-0.4, -0.2) is 5.91 Å². The zero-order valence-electron chi connectivity index (χ0n) is 11.2. The van der Waals surface area contributed by atoms with Gasteiger partial charge in [-0.2, -0.15) is 0 Å². The lowest BCUT2D eigenvalue weighted by molar-refractivity contribution is -0.112. The first kappa shape index (κ1) is 13.1. The van der Waals surface area contributed by atoms with Crippen molar-refractivity contribution in [2.75, 3.05) is 5.32 Å². The average Bonchev–Trinajstić information content (AvgIpc) is 2.40. The van der Waals surface area contributed by atoms with Gasteiger partial charge < -0.3 is 5.32 Å². The van der Waals surface area contributed by atoms with Crippen LogP contribution in [0.2, 0.25) is 0 Å². The van der Waals surface area contributed by atoms with Crippen LogP contribution < -0.4 is 5.32 Å². The van der Waals surface area contributed by atoms with Gasteiger partial charge in [-0.1, -0.05) is 42.5 Å². The lowest BCUT2D eigenvalue weighted by Crippen LogP contribution is -2.12. The fourth-order valence-electron chi connectivity index (χ4n) is 1.82. The van der Waals surface area contributed by atoms with Gasteiger partial charge in [-0.05, 0) is 43.2 Å². The molecule has 2 nitrogen and oxygen atoms in total. The SMILES string of the molecule is CC(=Cc1ccccc1)C(=O)Nc1cccc(C)c1. The van der Waals surface area contributed by atoms with Gasteiger partial charge in [-0.3, -0.25) is 4.79 Å². The van der Waals surface area contributed by atoms with E-state index in [0.717, 1.165) is 16.8 Å². The van der Waals surface area contributed by atoms with Crippen LogP contribution in [0.25, 0.3) is 6.08 Å². The first-order valence-corrected chi connectivity index (χ1v) is 6.26. The predicted molar refractivity (Wildman–Crippen MR) is 79.9 cm³/mol. The Hall–Kier alpha value is -2.35. The molecule has 0 unspecified atom stereocenters. The van der Waals surface area contributed by atoms with Crippen LogP contribution in [-0.2, 0) is 4.79 Å². The molecule has 96 valence electrons. The van der Waals surface area contributed by atoms with E-state index in [0.29, 0.717) is 5.57 Å². The lowest BCUT2D eigenvalue weighted by Gasteiger charge is -2.06. The number of benzene rings is 2. The van der Waals surface area contributed by atoms with Crippen molar-refractivity contribution >= 4 is 17.7 Å². The summed E-state index contributed by atoms with van der Waals surface area (Å²) in [5, 5.41) is 2.90. The zero-order chi connectivity index (χ0) is 13.7. The van der Waals surface area contributed by atoms with Crippen LogP contribution in [0, 0.1) is 6.92 Å². The number of carbonyl (C=O) groups is 1. The second kappa shape index (κ2) is 6.01. The van der Waals surface area contributed by atoms with Crippen molar-refractivity contribution in [3.63, 3.8) is 0 Å². The molecule has 0 saturated carbocycles. The number of amides is 1. The maximum atomic E-state index is 12.0. The molecule has 1 N–H and O–H groups in total. The van der Waals surface area contributed by atoms with Gasteiger partial charge in [0.25, 0.3) is 5.91 Å². The zero-order valence-corrected chi connectivity index (χ0v) is 11.2. The largest absolute Gasteiger partial charge is 0.322 e. The number of aryl methyl sites for hydroxylation is 1. The maximum Gasteiger partial charge on any atom is 0.251 e. The minimum Gasteiger partial charge on any atom is -0.322 e. The first-order chi connectivity index (χ1) is 9.15. The van der Waals surface area contributed by atoms with Crippen LogP contribution in [0.5, 0.6) is 0 Å². The minimum atomic E-state index is -0.0746. The first-order valence-electron chi connectivity index (χ1n) is 6.26. The second-order valence-corrected chi connectivity index (χ2v) is 4.56. The van der Waals surface area contributed by atoms with Crippen molar-refractivity contribution in [3.8, 4) is 0 Å². The Labute approximate surface area is 113 Å². The third-order valence-corrected chi connectivity index (χ3v) is 2.82. The molecule has 0 radical (unpaired) electrons. The standard InChI is InChI=1S/C17H17NO/c1-13-7-6-10-16(11-13)18-17(19)14(2)12-15-8-4-3-5-9-15/h3-12H,1-2H3,(H,18,19). The van der Waals surface area contributed by atoms with Crippen LogP contribution in [0.3, 0.4) is 0 Å². The Morgan fingerprint density at radius 2 is 1.79 bits per heavy atom. The summed E-state index contributed by atoms with van der Waals surface area (Å²) in [4.78, 5) is 12.0. The van der Waals surface area contributed by atoms with Gasteiger partial charge in [0.1, 0.15) is 0 Å². The number of rotatable bonds is 3. The quantitative estimate of drug-likeness (QED) is 0.820. The molecule has 0 fully saturated rings. The molecule has 0 aliphatic heterocycles. The van der Waals surface area contributed by atoms with E-state index in [9.17, 15) is 4.79 Å². The van der Waals surface area contributed by atoms with Gasteiger partial charge in [0.05, 0.1) is 0 Å². The lowest BCUT2D eigenvalue weighted by atomic mass is 10.1. The van der Waals surface area contributed by atoms with E-state index in [1.54, 1.807) is 0 Å². The normalized spacial score (nSPS) is 11.2. The van der Waals surface area contributed by atoms with E-state index in [-0.39, 0.29) is 5.91 Å². The summed E-state index contributed by atoms with van der Waals surface area (Å²) in [5.41, 5.74) is 3.67. The molecule has 0 aliphatic rings. The fourth-order valence-corrected chi connectivity index (χ4v) is 1.82. The number of hydrogen-bond donors (Lipinski definition) is 1. The molecule has 19 heavy (non-hydrogen) atoms. The van der Waals surface area contributed by atoms with Crippen molar-refractivity contribution < 1.29 is 4.79 Å². The molecular weight excluding hydrogens is 234 g/mol. The van der Waals surface area contributed by atoms with Crippen molar-refractivity contribution in [1.29, 1.82) is 0 Å². The highest BCUT2D eigenvalue weighted by Crippen LogP contribution is 2.12. The van der Waals surface area contributed by atoms with Crippen LogP contribution >= 0.6 is 0 Å². The van der Waals surface area contributed by atoms with Gasteiger partial charge in [0, 0.05) is 11.3 Å². The van der Waals surface area contributed by atoms with E-state index in [1.165, 1.54) is 0 Å². The van der Waals surface area contributed by atoms with Crippen LogP contribution in [0.1, 0.15) is 18.1 Å². The summed E-state index contributed by atoms with van der Waals surface area (Å²) in [6.45, 7) is 3.82. The third-order valence-electron chi connectivity index (χ3n) is 2.82. The molecule has 0 saturated heterocycles. The van der Waals surface area contributed by atoms with Gasteiger partial charge in [0.15, 0.2) is 0 Å². The van der Waals surface area contributed by atoms with E-state index in [4.69, 9.17) is 0 Å². The molecule has 1 amide bonds. The highest BCUT2D eigenvalue weighted by Gasteiger charge is 2.04. The monoisotopic (exact) mass is 251 g/mol. The molecule has 0 atom stereocenters. The average molecular weight is 251 g/mol. The Morgan fingerprint density at radius 3 is 2.47 bits per heavy atom. The summed E-state index contributed by atoms with van der Waals surface area (Å²) in [6.07, 6.45) is 1.88. The van der Waals surface area contributed by atoms with Gasteiger partial charge in [-0.15, -0.1) is 0 Å². The highest BCUT2D eigenvalue weighted by atomic mass is 16.1. The minimum absolute atomic E-state index is 0.0746. The van der Waals surface area contributed by atoms with Gasteiger partial charge >= 0.3 is 0 Å². The van der Waals surface area contributed by atoms with E-state index in [2.05, 4.69) is 5.32 Å². The molecule has 2 heteroatoms. The highest BCUT2D eigenvalue weighted by molar-refractivity contribution is 6.06. The Kier molecular flexibility index (Phi) is 4.14. The van der Waals surface area contributed by atoms with Crippen molar-refractivity contribution in [2.24, 2.45) is 0 Å². The smallest absolute Gasteiger partial charge is 0.251 e. The molecule has 2 aromatic carbocycles. The Balaban J connectivity index is 2.10. The van der Waals surface area contributed by atoms with E-state index < -0.39 is 0 Å². The van der Waals surface area contributed by atoms with Crippen LogP contribution in [0.4, 0.5) is 5.69 Å². The topological polar surface area (TPSA) is 29.1 Å². The molecule has 0 bridgehead atoms. The van der Waals surface area contributed by atoms with Crippen LogP contribution in [0.15, 0.2) is 60.2 Å². The van der Waals surface area contributed by atoms with Gasteiger partial charge in [-0.25, -0.2) is 0 Å². The summed E-state index contributed by atoms with van der Waals surface area (Å²) >= 11 is 0. The molecule has 2 rings (SSSR count). The second-order valence-electron chi connectivity index (χ2n) is 4.56. The molecular formula is C17H17NO. The predicted octanol–water partition coefficient (Wildman–Crippen LogP) is 4.04. The Bertz CT molecular complexity index is 600. The number of nitrogens with one attached hydrogen (secondary N) is 1. The number of carbonyl (C=O) groups excluding carboxylic acids is 1. The third kappa shape index (κ3) is 3.81. The fraction of sp³-hybridized carbons (Fsp3) is 0.118. The Morgan fingerprint density at radius 1 is 1.05 bits per heavy atom. The molecule has 0 aromatic heterocycles. The molecule has 0 spiro atoms. The number of anilines is 1. The summed E-state index contributed by atoms with van der Waals surface area (Å²) in [7, 11) is 0. The molecule has 2 aromatic rings. The summed E-state index contributed by atoms with van der Waals surface area (Å²) < 4.78 is 0. The molecule has 0 aliphatic carbocycles. The van der Waals surface area contributed by atoms with Gasteiger partial charge in [0.2, 0.25) is 0 Å².